The Hall–Kier alpha value is -2.35. The quantitative estimate of drug-likeness (QED) is 0.395. The predicted molar refractivity (Wildman–Crippen MR) is 113 cm³/mol. The molecule has 0 aliphatic carbocycles. The molecule has 0 bridgehead atoms. The minimum atomic E-state index is -4.54. The van der Waals surface area contributed by atoms with E-state index in [0.717, 1.165) is 12.1 Å². The van der Waals surface area contributed by atoms with Crippen molar-refractivity contribution in [1.29, 1.82) is 0 Å². The average Bonchev–Trinajstić information content (AvgIpc) is 2.75. The van der Waals surface area contributed by atoms with Crippen molar-refractivity contribution in [2.24, 2.45) is 0 Å². The van der Waals surface area contributed by atoms with Gasteiger partial charge in [0.05, 0.1) is 18.8 Å². The first-order valence-corrected chi connectivity index (χ1v) is 11.5. The highest BCUT2D eigenvalue weighted by molar-refractivity contribution is 7.54. The number of rotatable bonds is 10. The molecule has 2 rings (SSSR count). The van der Waals surface area contributed by atoms with Gasteiger partial charge in [0.1, 0.15) is 0 Å². The number of halogens is 3. The lowest BCUT2D eigenvalue weighted by Gasteiger charge is -2.28. The van der Waals surface area contributed by atoms with Crippen LogP contribution < -0.4 is 10.6 Å². The molecule has 0 fully saturated rings. The van der Waals surface area contributed by atoms with Gasteiger partial charge in [-0.2, -0.15) is 13.2 Å². The van der Waals surface area contributed by atoms with Gasteiger partial charge in [0, 0.05) is 5.69 Å². The summed E-state index contributed by atoms with van der Waals surface area (Å²) in [4.78, 5) is 12.6. The molecular weight excluding hydrogens is 432 g/mol. The van der Waals surface area contributed by atoms with Crippen molar-refractivity contribution >= 4 is 19.3 Å². The minimum absolute atomic E-state index is 0.0575. The number of carbonyl (C=O) groups excluding carboxylic acids is 1. The van der Waals surface area contributed by atoms with Gasteiger partial charge in [-0.25, -0.2) is 4.79 Å². The Morgan fingerprint density at radius 1 is 1.00 bits per heavy atom. The van der Waals surface area contributed by atoms with E-state index in [0.29, 0.717) is 18.4 Å². The third-order valence-electron chi connectivity index (χ3n) is 4.10. The average molecular weight is 458 g/mol. The van der Waals surface area contributed by atoms with Gasteiger partial charge in [0.15, 0.2) is 5.78 Å². The molecule has 0 spiro atoms. The molecule has 1 atom stereocenters. The number of carbonyl (C=O) groups is 1. The van der Waals surface area contributed by atoms with E-state index in [2.05, 4.69) is 10.6 Å². The molecule has 170 valence electrons. The normalized spacial score (nSPS) is 12.9. The first-order valence-electron chi connectivity index (χ1n) is 9.88. The predicted octanol–water partition coefficient (Wildman–Crippen LogP) is 6.57. The van der Waals surface area contributed by atoms with Gasteiger partial charge < -0.3 is 19.7 Å². The Bertz CT molecular complexity index is 882. The van der Waals surface area contributed by atoms with Crippen molar-refractivity contribution in [3.05, 3.63) is 65.7 Å². The molecule has 2 aromatic rings. The molecule has 10 heteroatoms. The topological polar surface area (TPSA) is 76.7 Å². The molecule has 0 saturated carbocycles. The van der Waals surface area contributed by atoms with Crippen LogP contribution in [0.5, 0.6) is 0 Å². The lowest BCUT2D eigenvalue weighted by molar-refractivity contribution is -0.137. The summed E-state index contributed by atoms with van der Waals surface area (Å²) in [7, 11) is -3.83. The number of benzene rings is 2. The van der Waals surface area contributed by atoms with Crippen molar-refractivity contribution < 1.29 is 31.6 Å². The first kappa shape index (κ1) is 24.9. The number of nitrogens with one attached hydrogen (secondary N) is 2. The van der Waals surface area contributed by atoms with Gasteiger partial charge in [-0.3, -0.25) is 4.57 Å². The van der Waals surface area contributed by atoms with Gasteiger partial charge in [0.25, 0.3) is 0 Å². The fraction of sp³-hybridized carbons (Fsp3) is 0.381. The molecule has 31 heavy (non-hydrogen) atoms. The van der Waals surface area contributed by atoms with Crippen LogP contribution in [0, 0.1) is 0 Å². The maximum Gasteiger partial charge on any atom is 0.416 e. The summed E-state index contributed by atoms with van der Waals surface area (Å²) in [6, 6.07) is 11.9. The largest absolute Gasteiger partial charge is 0.416 e. The van der Waals surface area contributed by atoms with Crippen molar-refractivity contribution in [2.45, 2.75) is 38.6 Å². The van der Waals surface area contributed by atoms with Crippen LogP contribution in [0.1, 0.15) is 43.6 Å². The SMILES string of the molecule is CCCOP(=O)(OCCC)[C@@H](NC(=O)Nc1cccc(C(F)(F)F)c1)c1ccccc1. The van der Waals surface area contributed by atoms with Crippen molar-refractivity contribution in [3.8, 4) is 0 Å². The van der Waals surface area contributed by atoms with Crippen LogP contribution in [-0.2, 0) is 19.8 Å². The van der Waals surface area contributed by atoms with Gasteiger partial charge in [-0.15, -0.1) is 0 Å². The second kappa shape index (κ2) is 11.3. The Balaban J connectivity index is 2.29. The lowest BCUT2D eigenvalue weighted by Crippen LogP contribution is -2.33. The zero-order valence-electron chi connectivity index (χ0n) is 17.3. The molecule has 0 aliphatic rings. The zero-order valence-corrected chi connectivity index (χ0v) is 18.2. The van der Waals surface area contributed by atoms with Crippen molar-refractivity contribution in [2.75, 3.05) is 18.5 Å². The molecule has 2 aromatic carbocycles. The summed E-state index contributed by atoms with van der Waals surface area (Å²) in [6.45, 7) is 3.99. The van der Waals surface area contributed by atoms with Gasteiger partial charge >= 0.3 is 19.8 Å². The summed E-state index contributed by atoms with van der Waals surface area (Å²) in [5.74, 6) is -1.14. The zero-order chi connectivity index (χ0) is 22.9. The van der Waals surface area contributed by atoms with E-state index in [-0.39, 0.29) is 18.9 Å². The number of alkyl halides is 3. The standard InChI is InChI=1S/C21H26F3N2O4P/c1-3-13-29-31(28,30-14-4-2)19(16-9-6-5-7-10-16)26-20(27)25-18-12-8-11-17(15-18)21(22,23)24/h5-12,15,19H,3-4,13-14H2,1-2H3,(H2,25,26,27)/t19-/m1/s1. The number of anilines is 1. The van der Waals surface area contributed by atoms with E-state index in [1.807, 2.05) is 13.8 Å². The molecule has 0 saturated heterocycles. The van der Waals surface area contributed by atoms with Gasteiger partial charge in [-0.1, -0.05) is 50.2 Å². The number of hydrogen-bond donors (Lipinski definition) is 2. The Labute approximate surface area is 179 Å². The maximum atomic E-state index is 13.6. The maximum absolute atomic E-state index is 13.6. The fourth-order valence-electron chi connectivity index (χ4n) is 2.67. The van der Waals surface area contributed by atoms with Crippen molar-refractivity contribution in [1.82, 2.24) is 5.32 Å². The smallest absolute Gasteiger partial charge is 0.320 e. The second-order valence-corrected chi connectivity index (χ2v) is 8.81. The summed E-state index contributed by atoms with van der Waals surface area (Å²) in [5, 5.41) is 4.91. The highest BCUT2D eigenvalue weighted by Crippen LogP contribution is 2.59. The fourth-order valence-corrected chi connectivity index (χ4v) is 4.73. The minimum Gasteiger partial charge on any atom is -0.320 e. The van der Waals surface area contributed by atoms with Crippen molar-refractivity contribution in [3.63, 3.8) is 0 Å². The van der Waals surface area contributed by atoms with E-state index in [1.54, 1.807) is 30.3 Å². The summed E-state index contributed by atoms with van der Waals surface area (Å²) >= 11 is 0. The molecule has 2 N–H and O–H groups in total. The van der Waals surface area contributed by atoms with Crippen LogP contribution in [0.4, 0.5) is 23.7 Å². The van der Waals surface area contributed by atoms with Crippen LogP contribution in [0.3, 0.4) is 0 Å². The highest BCUT2D eigenvalue weighted by atomic mass is 31.2. The molecule has 2 amide bonds. The molecule has 0 aliphatic heterocycles. The Morgan fingerprint density at radius 3 is 2.16 bits per heavy atom. The molecule has 0 aromatic heterocycles. The molecular formula is C21H26F3N2O4P. The van der Waals surface area contributed by atoms with E-state index in [4.69, 9.17) is 9.05 Å². The van der Waals surface area contributed by atoms with Gasteiger partial charge in [-0.05, 0) is 36.6 Å². The van der Waals surface area contributed by atoms with Crippen LogP contribution in [0.15, 0.2) is 54.6 Å². The molecule has 6 nitrogen and oxygen atoms in total. The highest BCUT2D eigenvalue weighted by Gasteiger charge is 2.38. The number of amides is 2. The second-order valence-electron chi connectivity index (χ2n) is 6.70. The lowest BCUT2D eigenvalue weighted by atomic mass is 10.2. The molecule has 0 radical (unpaired) electrons. The Morgan fingerprint density at radius 2 is 1.61 bits per heavy atom. The monoisotopic (exact) mass is 458 g/mol. The van der Waals surface area contributed by atoms with Gasteiger partial charge in [0.2, 0.25) is 0 Å². The van der Waals surface area contributed by atoms with Crippen LogP contribution >= 0.6 is 7.60 Å². The van der Waals surface area contributed by atoms with Crippen LogP contribution in [0.2, 0.25) is 0 Å². The van der Waals surface area contributed by atoms with E-state index < -0.39 is 31.1 Å². The van der Waals surface area contributed by atoms with E-state index in [1.165, 1.54) is 12.1 Å². The van der Waals surface area contributed by atoms with E-state index in [9.17, 15) is 22.5 Å². The molecule has 0 unspecified atom stereocenters. The molecule has 0 heterocycles. The summed E-state index contributed by atoms with van der Waals surface area (Å²) in [6.07, 6.45) is -3.38. The summed E-state index contributed by atoms with van der Waals surface area (Å²) in [5.41, 5.74) is -0.469. The third kappa shape index (κ3) is 7.38. The summed E-state index contributed by atoms with van der Waals surface area (Å²) < 4.78 is 63.5. The van der Waals surface area contributed by atoms with E-state index >= 15 is 0 Å². The number of hydrogen-bond acceptors (Lipinski definition) is 4. The third-order valence-corrected chi connectivity index (χ3v) is 6.24. The Kier molecular flexibility index (Phi) is 9.10. The van der Waals surface area contributed by atoms with Crippen LogP contribution in [0.25, 0.3) is 0 Å². The first-order chi connectivity index (χ1) is 14.7. The number of urea groups is 1. The van der Waals surface area contributed by atoms with Crippen LogP contribution in [-0.4, -0.2) is 19.2 Å².